The van der Waals surface area contributed by atoms with Gasteiger partial charge >= 0.3 is 0 Å². The number of aryl methyl sites for hydroxylation is 1. The Morgan fingerprint density at radius 2 is 2.00 bits per heavy atom. The van der Waals surface area contributed by atoms with E-state index in [1.54, 1.807) is 10.6 Å². The van der Waals surface area contributed by atoms with Gasteiger partial charge in [0.25, 0.3) is 0 Å². The fourth-order valence-electron chi connectivity index (χ4n) is 1.78. The Kier molecular flexibility index (Phi) is 2.41. The summed E-state index contributed by atoms with van der Waals surface area (Å²) in [6.07, 6.45) is 0. The first-order valence-corrected chi connectivity index (χ1v) is 5.78. The predicted octanol–water partition coefficient (Wildman–Crippen LogP) is 2.34. The third kappa shape index (κ3) is 1.60. The fourth-order valence-corrected chi connectivity index (χ4v) is 1.96. The molecule has 0 amide bonds. The summed E-state index contributed by atoms with van der Waals surface area (Å²) in [4.78, 5) is 0. The van der Waals surface area contributed by atoms with E-state index >= 15 is 0 Å². The van der Waals surface area contributed by atoms with Crippen LogP contribution >= 0.6 is 11.6 Å². The lowest BCUT2D eigenvalue weighted by atomic mass is 10.2. The summed E-state index contributed by atoms with van der Waals surface area (Å²) in [5, 5.41) is 13.1. The molecule has 0 saturated carbocycles. The average molecular weight is 260 g/mol. The number of halogens is 1. The second-order valence-electron chi connectivity index (χ2n) is 3.97. The Hall–Kier alpha value is -2.14. The van der Waals surface area contributed by atoms with Crippen molar-refractivity contribution in [3.63, 3.8) is 0 Å². The van der Waals surface area contributed by atoms with Crippen LogP contribution in [0.1, 0.15) is 5.69 Å². The van der Waals surface area contributed by atoms with Gasteiger partial charge in [-0.2, -0.15) is 9.61 Å². The number of benzene rings is 1. The normalized spacial score (nSPS) is 11.0. The summed E-state index contributed by atoms with van der Waals surface area (Å²) < 4.78 is 1.66. The van der Waals surface area contributed by atoms with E-state index < -0.39 is 0 Å². The van der Waals surface area contributed by atoms with Gasteiger partial charge in [0.2, 0.25) is 0 Å². The maximum absolute atomic E-state index is 6.01. The molecule has 6 heteroatoms. The number of fused-ring (bicyclic) bond motifs is 1. The van der Waals surface area contributed by atoms with E-state index in [2.05, 4.69) is 15.3 Å². The van der Waals surface area contributed by atoms with Gasteiger partial charge < -0.3 is 5.73 Å². The monoisotopic (exact) mass is 259 g/mol. The molecule has 0 saturated heterocycles. The molecule has 0 aliphatic rings. The first kappa shape index (κ1) is 11.0. The smallest absolute Gasteiger partial charge is 0.187 e. The molecule has 2 heterocycles. The summed E-state index contributed by atoms with van der Waals surface area (Å²) in [7, 11) is 0. The third-order valence-corrected chi connectivity index (χ3v) is 3.02. The van der Waals surface area contributed by atoms with Gasteiger partial charge in [0.15, 0.2) is 11.5 Å². The molecule has 3 aromatic rings. The highest BCUT2D eigenvalue weighted by atomic mass is 35.5. The van der Waals surface area contributed by atoms with Crippen molar-refractivity contribution in [1.82, 2.24) is 19.8 Å². The first-order valence-electron chi connectivity index (χ1n) is 5.40. The van der Waals surface area contributed by atoms with Crippen molar-refractivity contribution >= 4 is 22.9 Å². The molecule has 0 atom stereocenters. The fraction of sp³-hybridized carbons (Fsp3) is 0.0833. The molecule has 1 aromatic carbocycles. The topological polar surface area (TPSA) is 69.1 Å². The minimum Gasteiger partial charge on any atom is -0.397 e. The molecular weight excluding hydrogens is 250 g/mol. The van der Waals surface area contributed by atoms with Crippen LogP contribution in [0.2, 0.25) is 5.02 Å². The lowest BCUT2D eigenvalue weighted by Crippen LogP contribution is -1.99. The van der Waals surface area contributed by atoms with Crippen molar-refractivity contribution in [1.29, 1.82) is 0 Å². The highest BCUT2D eigenvalue weighted by molar-refractivity contribution is 6.33. The minimum atomic E-state index is 0.483. The molecule has 0 aliphatic carbocycles. The number of rotatable bonds is 1. The molecule has 0 bridgehead atoms. The Bertz CT molecular complexity index is 734. The predicted molar refractivity (Wildman–Crippen MR) is 70.4 cm³/mol. The Morgan fingerprint density at radius 3 is 2.83 bits per heavy atom. The number of nitrogen functional groups attached to an aromatic ring is 1. The quantitative estimate of drug-likeness (QED) is 0.681. The number of anilines is 1. The van der Waals surface area contributed by atoms with Gasteiger partial charge in [0.1, 0.15) is 0 Å². The van der Waals surface area contributed by atoms with Crippen LogP contribution in [-0.4, -0.2) is 19.8 Å². The van der Waals surface area contributed by atoms with Crippen LogP contribution in [0.4, 0.5) is 5.69 Å². The molecule has 18 heavy (non-hydrogen) atoms. The minimum absolute atomic E-state index is 0.483. The summed E-state index contributed by atoms with van der Waals surface area (Å²) in [5.41, 5.74) is 8.73. The van der Waals surface area contributed by atoms with Crippen molar-refractivity contribution < 1.29 is 0 Å². The summed E-state index contributed by atoms with van der Waals surface area (Å²) in [6.45, 7) is 1.91. The van der Waals surface area contributed by atoms with Gasteiger partial charge in [0, 0.05) is 5.56 Å². The SMILES string of the molecule is Cc1ccc2nnc(-c3cccc(Cl)c3N)n2n1. The molecule has 2 N–H and O–H groups in total. The molecule has 0 unspecified atom stereocenters. The van der Waals surface area contributed by atoms with E-state index in [9.17, 15) is 0 Å². The van der Waals surface area contributed by atoms with Crippen LogP contribution in [-0.2, 0) is 0 Å². The number of aromatic nitrogens is 4. The van der Waals surface area contributed by atoms with E-state index in [4.69, 9.17) is 17.3 Å². The number of nitrogens with zero attached hydrogens (tertiary/aromatic N) is 4. The Morgan fingerprint density at radius 1 is 1.17 bits per heavy atom. The first-order chi connectivity index (χ1) is 8.66. The van der Waals surface area contributed by atoms with Crippen LogP contribution < -0.4 is 5.73 Å². The number of nitrogens with two attached hydrogens (primary N) is 1. The van der Waals surface area contributed by atoms with E-state index in [0.29, 0.717) is 22.2 Å². The molecule has 2 aromatic heterocycles. The average Bonchev–Trinajstić information content (AvgIpc) is 2.75. The van der Waals surface area contributed by atoms with Gasteiger partial charge in [-0.15, -0.1) is 10.2 Å². The van der Waals surface area contributed by atoms with Crippen molar-refractivity contribution in [2.45, 2.75) is 6.92 Å². The van der Waals surface area contributed by atoms with Gasteiger partial charge in [0.05, 0.1) is 16.4 Å². The lowest BCUT2D eigenvalue weighted by molar-refractivity contribution is 0.902. The zero-order valence-corrected chi connectivity index (χ0v) is 10.4. The van der Waals surface area contributed by atoms with Crippen molar-refractivity contribution in [3.8, 4) is 11.4 Å². The molecular formula is C12H10ClN5. The van der Waals surface area contributed by atoms with E-state index in [1.807, 2.05) is 31.2 Å². The van der Waals surface area contributed by atoms with Gasteiger partial charge in [-0.3, -0.25) is 0 Å². The second kappa shape index (κ2) is 3.96. The molecule has 90 valence electrons. The molecule has 0 aliphatic heterocycles. The highest BCUT2D eigenvalue weighted by Gasteiger charge is 2.13. The van der Waals surface area contributed by atoms with Crippen molar-refractivity contribution in [2.24, 2.45) is 0 Å². The molecule has 0 spiro atoms. The number of para-hydroxylation sites is 1. The summed E-state index contributed by atoms with van der Waals surface area (Å²) in [6, 6.07) is 9.16. The molecule has 0 radical (unpaired) electrons. The zero-order chi connectivity index (χ0) is 12.7. The standard InChI is InChI=1S/C12H10ClN5/c1-7-5-6-10-15-16-12(18(10)17-7)8-3-2-4-9(13)11(8)14/h2-6H,14H2,1H3. The lowest BCUT2D eigenvalue weighted by Gasteiger charge is -2.05. The highest BCUT2D eigenvalue weighted by Crippen LogP contribution is 2.30. The maximum atomic E-state index is 6.01. The molecule has 5 nitrogen and oxygen atoms in total. The third-order valence-electron chi connectivity index (χ3n) is 2.69. The second-order valence-corrected chi connectivity index (χ2v) is 4.38. The van der Waals surface area contributed by atoms with E-state index in [-0.39, 0.29) is 0 Å². The van der Waals surface area contributed by atoms with Crippen molar-refractivity contribution in [3.05, 3.63) is 41.0 Å². The van der Waals surface area contributed by atoms with Crippen molar-refractivity contribution in [2.75, 3.05) is 5.73 Å². The molecule has 0 fully saturated rings. The Balaban J connectivity index is 2.32. The van der Waals surface area contributed by atoms with Gasteiger partial charge in [-0.05, 0) is 31.2 Å². The van der Waals surface area contributed by atoms with Crippen LogP contribution in [0.15, 0.2) is 30.3 Å². The summed E-state index contributed by atoms with van der Waals surface area (Å²) >= 11 is 6.01. The van der Waals surface area contributed by atoms with E-state index in [0.717, 1.165) is 11.3 Å². The van der Waals surface area contributed by atoms with Gasteiger partial charge in [-0.1, -0.05) is 17.7 Å². The number of hydrogen-bond donors (Lipinski definition) is 1. The largest absolute Gasteiger partial charge is 0.397 e. The van der Waals surface area contributed by atoms with Crippen LogP contribution in [0.25, 0.3) is 17.0 Å². The summed E-state index contributed by atoms with van der Waals surface area (Å²) in [5.74, 6) is 0.591. The maximum Gasteiger partial charge on any atom is 0.187 e. The molecule has 3 rings (SSSR count). The zero-order valence-electron chi connectivity index (χ0n) is 9.63. The van der Waals surface area contributed by atoms with Crippen LogP contribution in [0.3, 0.4) is 0 Å². The Labute approximate surface area is 108 Å². The van der Waals surface area contributed by atoms with E-state index in [1.165, 1.54) is 0 Å². The van der Waals surface area contributed by atoms with Gasteiger partial charge in [-0.25, -0.2) is 0 Å². The van der Waals surface area contributed by atoms with Crippen LogP contribution in [0, 0.1) is 6.92 Å². The van der Waals surface area contributed by atoms with Crippen LogP contribution in [0.5, 0.6) is 0 Å². The number of hydrogen-bond acceptors (Lipinski definition) is 4.